The second-order valence-electron chi connectivity index (χ2n) is 2.79. The smallest absolute Gasteiger partial charge is 0.341 e. The van der Waals surface area contributed by atoms with E-state index in [1.54, 1.807) is 0 Å². The monoisotopic (exact) mass is 213 g/mol. The largest absolute Gasteiger partial charge is 0.480 e. The Balaban J connectivity index is 2.46. The Hall–Kier alpha value is -1.82. The van der Waals surface area contributed by atoms with Crippen molar-refractivity contribution in [3.8, 4) is 0 Å². The summed E-state index contributed by atoms with van der Waals surface area (Å²) in [6.07, 6.45) is 1.27. The molecule has 0 amide bonds. The van der Waals surface area contributed by atoms with Crippen LogP contribution >= 0.6 is 0 Å². The zero-order chi connectivity index (χ0) is 11.3. The van der Waals surface area contributed by atoms with Gasteiger partial charge in [-0.05, 0) is 6.07 Å². The second kappa shape index (κ2) is 5.16. The van der Waals surface area contributed by atoms with Crippen LogP contribution in [-0.2, 0) is 16.1 Å². The molecule has 1 aromatic rings. The number of ether oxygens (including phenoxy) is 1. The van der Waals surface area contributed by atoms with E-state index in [0.29, 0.717) is 11.3 Å². The molecule has 0 aliphatic heterocycles. The molecule has 1 aromatic heterocycles. The minimum Gasteiger partial charge on any atom is -0.480 e. The van der Waals surface area contributed by atoms with E-state index in [4.69, 9.17) is 9.52 Å². The number of methoxy groups -OCH3 is 1. The fourth-order valence-corrected chi connectivity index (χ4v) is 0.991. The summed E-state index contributed by atoms with van der Waals surface area (Å²) < 4.78 is 9.49. The molecular weight excluding hydrogens is 202 g/mol. The van der Waals surface area contributed by atoms with Crippen LogP contribution in [0.15, 0.2) is 16.7 Å². The lowest BCUT2D eigenvalue weighted by molar-refractivity contribution is -0.136. The van der Waals surface area contributed by atoms with Crippen LogP contribution in [0.4, 0.5) is 0 Å². The quantitative estimate of drug-likeness (QED) is 0.681. The molecule has 0 saturated carbocycles. The van der Waals surface area contributed by atoms with Gasteiger partial charge >= 0.3 is 11.9 Å². The summed E-state index contributed by atoms with van der Waals surface area (Å²) in [6, 6.07) is 1.50. The number of carboxylic acid groups (broad SMARTS) is 1. The highest BCUT2D eigenvalue weighted by Gasteiger charge is 2.09. The standard InChI is InChI=1S/C9H11NO5/c1-14-9(13)6-2-7(15-5-6)3-10-4-8(11)12/h2,5,10H,3-4H2,1H3,(H,11,12). The van der Waals surface area contributed by atoms with E-state index in [2.05, 4.69) is 10.1 Å². The molecule has 0 atom stereocenters. The van der Waals surface area contributed by atoms with Gasteiger partial charge in [0.25, 0.3) is 0 Å². The van der Waals surface area contributed by atoms with Gasteiger partial charge in [-0.1, -0.05) is 0 Å². The van der Waals surface area contributed by atoms with Crippen molar-refractivity contribution in [3.05, 3.63) is 23.7 Å². The Morgan fingerprint density at radius 2 is 2.33 bits per heavy atom. The molecule has 0 aliphatic rings. The molecule has 0 radical (unpaired) electrons. The number of hydrogen-bond acceptors (Lipinski definition) is 5. The summed E-state index contributed by atoms with van der Waals surface area (Å²) in [5, 5.41) is 11.0. The summed E-state index contributed by atoms with van der Waals surface area (Å²) >= 11 is 0. The highest BCUT2D eigenvalue weighted by Crippen LogP contribution is 2.08. The van der Waals surface area contributed by atoms with Gasteiger partial charge in [-0.25, -0.2) is 4.79 Å². The highest BCUT2D eigenvalue weighted by molar-refractivity contribution is 5.88. The third-order valence-corrected chi connectivity index (χ3v) is 1.65. The number of carbonyl (C=O) groups is 2. The van der Waals surface area contributed by atoms with Gasteiger partial charge in [-0.2, -0.15) is 0 Å². The fraction of sp³-hybridized carbons (Fsp3) is 0.333. The molecule has 2 N–H and O–H groups in total. The number of carbonyl (C=O) groups excluding carboxylic acids is 1. The van der Waals surface area contributed by atoms with E-state index in [0.717, 1.165) is 0 Å². The van der Waals surface area contributed by atoms with Crippen molar-refractivity contribution in [3.63, 3.8) is 0 Å². The van der Waals surface area contributed by atoms with Crippen molar-refractivity contribution in [2.24, 2.45) is 0 Å². The first-order valence-corrected chi connectivity index (χ1v) is 4.21. The van der Waals surface area contributed by atoms with Gasteiger partial charge < -0.3 is 14.3 Å². The summed E-state index contributed by atoms with van der Waals surface area (Å²) in [6.45, 7) is 0.0948. The number of carboxylic acids is 1. The third kappa shape index (κ3) is 3.43. The van der Waals surface area contributed by atoms with Crippen LogP contribution in [-0.4, -0.2) is 30.7 Å². The normalized spacial score (nSPS) is 9.93. The van der Waals surface area contributed by atoms with Gasteiger partial charge in [-0.3, -0.25) is 10.1 Å². The van der Waals surface area contributed by atoms with Crippen LogP contribution in [0.3, 0.4) is 0 Å². The van der Waals surface area contributed by atoms with E-state index >= 15 is 0 Å². The van der Waals surface area contributed by atoms with Gasteiger partial charge in [0.2, 0.25) is 0 Å². The molecule has 0 unspecified atom stereocenters. The summed E-state index contributed by atoms with van der Waals surface area (Å²) in [5.41, 5.74) is 0.310. The first-order chi connectivity index (χ1) is 7.13. The predicted molar refractivity (Wildman–Crippen MR) is 49.4 cm³/mol. The molecule has 6 heteroatoms. The second-order valence-corrected chi connectivity index (χ2v) is 2.79. The zero-order valence-corrected chi connectivity index (χ0v) is 8.15. The molecule has 15 heavy (non-hydrogen) atoms. The fourth-order valence-electron chi connectivity index (χ4n) is 0.991. The van der Waals surface area contributed by atoms with Crippen molar-refractivity contribution in [1.82, 2.24) is 5.32 Å². The van der Waals surface area contributed by atoms with Crippen molar-refractivity contribution in [2.45, 2.75) is 6.54 Å². The maximum absolute atomic E-state index is 11.0. The first kappa shape index (κ1) is 11.3. The van der Waals surface area contributed by atoms with Crippen LogP contribution in [0, 0.1) is 0 Å². The molecule has 1 rings (SSSR count). The maximum Gasteiger partial charge on any atom is 0.341 e. The van der Waals surface area contributed by atoms with Crippen molar-refractivity contribution < 1.29 is 23.8 Å². The highest BCUT2D eigenvalue weighted by atomic mass is 16.5. The third-order valence-electron chi connectivity index (χ3n) is 1.65. The summed E-state index contributed by atoms with van der Waals surface area (Å²) in [7, 11) is 1.28. The predicted octanol–water partition coefficient (Wildman–Crippen LogP) is 0.240. The first-order valence-electron chi connectivity index (χ1n) is 4.21. The van der Waals surface area contributed by atoms with Gasteiger partial charge in [0.15, 0.2) is 0 Å². The Labute approximate surface area is 85.8 Å². The Morgan fingerprint density at radius 3 is 2.93 bits per heavy atom. The Morgan fingerprint density at radius 1 is 1.60 bits per heavy atom. The lowest BCUT2D eigenvalue weighted by atomic mass is 10.3. The molecule has 0 aliphatic carbocycles. The number of furan rings is 1. The van der Waals surface area contributed by atoms with Crippen LogP contribution in [0.2, 0.25) is 0 Å². The molecule has 1 heterocycles. The molecule has 0 spiro atoms. The molecule has 0 fully saturated rings. The Bertz CT molecular complexity index is 357. The number of hydrogen-bond donors (Lipinski definition) is 2. The number of nitrogens with one attached hydrogen (secondary N) is 1. The van der Waals surface area contributed by atoms with Gasteiger partial charge in [0, 0.05) is 0 Å². The number of rotatable bonds is 5. The lowest BCUT2D eigenvalue weighted by Crippen LogP contribution is -2.21. The average molecular weight is 213 g/mol. The minimum absolute atomic E-state index is 0.158. The lowest BCUT2D eigenvalue weighted by Gasteiger charge is -1.96. The van der Waals surface area contributed by atoms with E-state index in [9.17, 15) is 9.59 Å². The molecule has 6 nitrogen and oxygen atoms in total. The topological polar surface area (TPSA) is 88.8 Å². The number of aliphatic carboxylic acids is 1. The summed E-state index contributed by atoms with van der Waals surface area (Å²) in [5.74, 6) is -0.949. The summed E-state index contributed by atoms with van der Waals surface area (Å²) in [4.78, 5) is 21.2. The van der Waals surface area contributed by atoms with Crippen molar-refractivity contribution >= 4 is 11.9 Å². The van der Waals surface area contributed by atoms with Crippen LogP contribution in [0.5, 0.6) is 0 Å². The maximum atomic E-state index is 11.0. The minimum atomic E-state index is -0.949. The number of esters is 1. The zero-order valence-electron chi connectivity index (χ0n) is 8.15. The molecule has 0 saturated heterocycles. The SMILES string of the molecule is COC(=O)c1coc(CNCC(=O)O)c1. The van der Waals surface area contributed by atoms with Crippen LogP contribution in [0.1, 0.15) is 16.1 Å². The Kier molecular flexibility index (Phi) is 3.87. The van der Waals surface area contributed by atoms with Gasteiger partial charge in [0.1, 0.15) is 12.0 Å². The average Bonchev–Trinajstić information content (AvgIpc) is 2.65. The van der Waals surface area contributed by atoms with Gasteiger partial charge in [-0.15, -0.1) is 0 Å². The molecule has 0 bridgehead atoms. The molecule has 82 valence electrons. The van der Waals surface area contributed by atoms with E-state index < -0.39 is 11.9 Å². The van der Waals surface area contributed by atoms with Gasteiger partial charge in [0.05, 0.1) is 25.8 Å². The van der Waals surface area contributed by atoms with E-state index in [1.165, 1.54) is 19.4 Å². The van der Waals surface area contributed by atoms with Crippen LogP contribution in [0.25, 0.3) is 0 Å². The molecular formula is C9H11NO5. The van der Waals surface area contributed by atoms with Crippen molar-refractivity contribution in [1.29, 1.82) is 0 Å². The van der Waals surface area contributed by atoms with E-state index in [1.807, 2.05) is 0 Å². The van der Waals surface area contributed by atoms with E-state index in [-0.39, 0.29) is 13.1 Å². The van der Waals surface area contributed by atoms with Crippen molar-refractivity contribution in [2.75, 3.05) is 13.7 Å². The van der Waals surface area contributed by atoms with Crippen LogP contribution < -0.4 is 5.32 Å². The molecule has 0 aromatic carbocycles.